The molecule has 5 heteroatoms. The number of rotatable bonds is 4. The van der Waals surface area contributed by atoms with E-state index in [1.807, 2.05) is 0 Å². The number of ketones is 1. The van der Waals surface area contributed by atoms with Crippen molar-refractivity contribution in [3.8, 4) is 0 Å². The lowest BCUT2D eigenvalue weighted by atomic mass is 9.87. The zero-order valence-electron chi connectivity index (χ0n) is 10.7. The van der Waals surface area contributed by atoms with E-state index in [1.165, 1.54) is 18.2 Å². The number of halogens is 3. The molecule has 104 valence electrons. The van der Waals surface area contributed by atoms with Gasteiger partial charge in [0.25, 0.3) is 0 Å². The van der Waals surface area contributed by atoms with Crippen molar-refractivity contribution >= 4 is 5.78 Å². The second kappa shape index (κ2) is 5.57. The second-order valence-electron chi connectivity index (χ2n) is 4.59. The van der Waals surface area contributed by atoms with Crippen LogP contribution in [0.25, 0.3) is 0 Å². The molecule has 0 heterocycles. The Morgan fingerprint density at radius 2 is 1.74 bits per heavy atom. The van der Waals surface area contributed by atoms with Gasteiger partial charge in [0.05, 0.1) is 6.42 Å². The van der Waals surface area contributed by atoms with Crippen molar-refractivity contribution in [2.75, 3.05) is 0 Å². The highest BCUT2D eigenvalue weighted by atomic mass is 19.4. The minimum absolute atomic E-state index is 0.335. The monoisotopic (exact) mass is 272 g/mol. The normalized spacial score (nSPS) is 14.6. The van der Waals surface area contributed by atoms with Gasteiger partial charge in [-0.1, -0.05) is 35.9 Å². The summed E-state index contributed by atoms with van der Waals surface area (Å²) in [4.78, 5) is 11.6. The molecule has 1 N–H and O–H groups in total. The van der Waals surface area contributed by atoms with Gasteiger partial charge in [0.15, 0.2) is 11.4 Å². The number of alkyl halides is 3. The quantitative estimate of drug-likeness (QED) is 0.853. The van der Waals surface area contributed by atoms with Crippen molar-refractivity contribution in [2.45, 2.75) is 32.0 Å². The van der Waals surface area contributed by atoms with Crippen LogP contribution in [0.5, 0.6) is 0 Å². The summed E-state index contributed by atoms with van der Waals surface area (Å²) >= 11 is 0. The van der Waals surface area contributed by atoms with E-state index in [9.17, 15) is 23.1 Å². The summed E-state index contributed by atoms with van der Waals surface area (Å²) in [6.07, 6.45) is -4.84. The molecule has 0 radical (unpaired) electrons. The van der Waals surface area contributed by atoms with Gasteiger partial charge in [0, 0.05) is 0 Å². The molecule has 0 aliphatic rings. The molecule has 1 rings (SSSR count). The van der Waals surface area contributed by atoms with Gasteiger partial charge in [-0.25, -0.2) is 0 Å². The van der Waals surface area contributed by atoms with E-state index >= 15 is 0 Å². The molecular formula is C14H15F3O2. The van der Waals surface area contributed by atoms with E-state index in [1.54, 1.807) is 13.8 Å². The molecule has 0 spiro atoms. The Morgan fingerprint density at radius 1 is 1.21 bits per heavy atom. The minimum atomic E-state index is -4.92. The highest BCUT2D eigenvalue weighted by Gasteiger charge is 2.55. The second-order valence-corrected chi connectivity index (χ2v) is 4.59. The van der Waals surface area contributed by atoms with Crippen LogP contribution in [0.15, 0.2) is 42.0 Å². The number of allylic oxidation sites excluding steroid dienone is 2. The summed E-state index contributed by atoms with van der Waals surface area (Å²) < 4.78 is 39.2. The zero-order chi connectivity index (χ0) is 14.7. The molecule has 0 fully saturated rings. The molecule has 2 nitrogen and oxygen atoms in total. The van der Waals surface area contributed by atoms with Gasteiger partial charge in [0.1, 0.15) is 0 Å². The van der Waals surface area contributed by atoms with Gasteiger partial charge < -0.3 is 5.11 Å². The fourth-order valence-corrected chi connectivity index (χ4v) is 1.70. The Bertz CT molecular complexity index is 473. The first-order valence-electron chi connectivity index (χ1n) is 5.69. The smallest absolute Gasteiger partial charge is 0.376 e. The number of carbonyl (C=O) groups excluding carboxylic acids is 1. The predicted octanol–water partition coefficient (Wildman–Crippen LogP) is 3.36. The number of aliphatic hydroxyl groups is 1. The highest BCUT2D eigenvalue weighted by Crippen LogP contribution is 2.41. The molecule has 1 aromatic rings. The average molecular weight is 272 g/mol. The Hall–Kier alpha value is -1.62. The largest absolute Gasteiger partial charge is 0.421 e. The molecule has 19 heavy (non-hydrogen) atoms. The van der Waals surface area contributed by atoms with E-state index in [0.717, 1.165) is 18.2 Å². The van der Waals surface area contributed by atoms with Gasteiger partial charge in [-0.2, -0.15) is 13.2 Å². The van der Waals surface area contributed by atoms with Gasteiger partial charge >= 0.3 is 6.18 Å². The fourth-order valence-electron chi connectivity index (χ4n) is 1.70. The third kappa shape index (κ3) is 3.67. The number of hydrogen-bond donors (Lipinski definition) is 1. The van der Waals surface area contributed by atoms with Crippen LogP contribution in [-0.2, 0) is 10.4 Å². The van der Waals surface area contributed by atoms with Crippen LogP contribution >= 0.6 is 0 Å². The van der Waals surface area contributed by atoms with Crippen LogP contribution in [0, 0.1) is 0 Å². The van der Waals surface area contributed by atoms with Gasteiger partial charge in [-0.15, -0.1) is 0 Å². The topological polar surface area (TPSA) is 37.3 Å². The third-order valence-corrected chi connectivity index (χ3v) is 2.60. The summed E-state index contributed by atoms with van der Waals surface area (Å²) in [5.41, 5.74) is -2.90. The summed E-state index contributed by atoms with van der Waals surface area (Å²) in [5, 5.41) is 9.93. The van der Waals surface area contributed by atoms with E-state index in [-0.39, 0.29) is 5.56 Å². The Kier molecular flexibility index (Phi) is 4.52. The number of carbonyl (C=O) groups is 1. The number of hydrogen-bond acceptors (Lipinski definition) is 2. The van der Waals surface area contributed by atoms with Crippen molar-refractivity contribution in [1.82, 2.24) is 0 Å². The van der Waals surface area contributed by atoms with Crippen LogP contribution in [0.1, 0.15) is 25.8 Å². The van der Waals surface area contributed by atoms with Gasteiger partial charge in [0.2, 0.25) is 0 Å². The maximum absolute atomic E-state index is 13.1. The standard InChI is InChI=1S/C14H15F3O2/c1-10(2)8-12(18)9-13(19,14(15,16)17)11-6-4-3-5-7-11/h3-8,19H,9H2,1-2H3/t13-/m0/s1. The first kappa shape index (κ1) is 15.4. The van der Waals surface area contributed by atoms with Crippen LogP contribution in [0.2, 0.25) is 0 Å². The third-order valence-electron chi connectivity index (χ3n) is 2.60. The van der Waals surface area contributed by atoms with Crippen LogP contribution < -0.4 is 0 Å². The molecule has 0 aliphatic carbocycles. The molecule has 0 saturated carbocycles. The fraction of sp³-hybridized carbons (Fsp3) is 0.357. The van der Waals surface area contributed by atoms with E-state index < -0.39 is 24.0 Å². The summed E-state index contributed by atoms with van der Waals surface area (Å²) in [6, 6.07) is 6.62. The predicted molar refractivity (Wildman–Crippen MR) is 65.4 cm³/mol. The summed E-state index contributed by atoms with van der Waals surface area (Å²) in [7, 11) is 0. The van der Waals surface area contributed by atoms with Crippen LogP contribution in [0.4, 0.5) is 13.2 Å². The SMILES string of the molecule is CC(C)=CC(=O)C[C@](O)(c1ccccc1)C(F)(F)F. The lowest BCUT2D eigenvalue weighted by molar-refractivity contribution is -0.266. The zero-order valence-corrected chi connectivity index (χ0v) is 10.7. The van der Waals surface area contributed by atoms with Gasteiger partial charge in [-0.3, -0.25) is 4.79 Å². The van der Waals surface area contributed by atoms with Crippen LogP contribution in [-0.4, -0.2) is 17.1 Å². The maximum Gasteiger partial charge on any atom is 0.421 e. The molecule has 1 aromatic carbocycles. The Balaban J connectivity index is 3.16. The average Bonchev–Trinajstić information content (AvgIpc) is 2.27. The van der Waals surface area contributed by atoms with Crippen molar-refractivity contribution in [3.05, 3.63) is 47.5 Å². The van der Waals surface area contributed by atoms with E-state index in [4.69, 9.17) is 0 Å². The molecule has 0 amide bonds. The molecule has 0 aliphatic heterocycles. The maximum atomic E-state index is 13.1. The van der Waals surface area contributed by atoms with Crippen molar-refractivity contribution in [3.63, 3.8) is 0 Å². The molecule has 1 atom stereocenters. The Morgan fingerprint density at radius 3 is 2.16 bits per heavy atom. The van der Waals surface area contributed by atoms with Crippen molar-refractivity contribution in [1.29, 1.82) is 0 Å². The van der Waals surface area contributed by atoms with Crippen LogP contribution in [0.3, 0.4) is 0 Å². The summed E-state index contributed by atoms with van der Waals surface area (Å²) in [5.74, 6) is -0.760. The number of benzene rings is 1. The molecular weight excluding hydrogens is 257 g/mol. The van der Waals surface area contributed by atoms with Gasteiger partial charge in [-0.05, 0) is 25.5 Å². The first-order valence-corrected chi connectivity index (χ1v) is 5.69. The van der Waals surface area contributed by atoms with Crippen molar-refractivity contribution < 1.29 is 23.1 Å². The lowest BCUT2D eigenvalue weighted by Crippen LogP contribution is -2.43. The highest BCUT2D eigenvalue weighted by molar-refractivity contribution is 5.91. The first-order chi connectivity index (χ1) is 8.67. The van der Waals surface area contributed by atoms with E-state index in [0.29, 0.717) is 5.57 Å². The Labute approximate surface area is 109 Å². The molecule has 0 saturated heterocycles. The molecule has 0 bridgehead atoms. The molecule has 0 aromatic heterocycles. The molecule has 0 unspecified atom stereocenters. The minimum Gasteiger partial charge on any atom is -0.376 e. The lowest BCUT2D eigenvalue weighted by Gasteiger charge is -2.30. The van der Waals surface area contributed by atoms with E-state index in [2.05, 4.69) is 0 Å². The summed E-state index contributed by atoms with van der Waals surface area (Å²) in [6.45, 7) is 3.21. The van der Waals surface area contributed by atoms with Crippen molar-refractivity contribution in [2.24, 2.45) is 0 Å².